The molecule has 0 saturated heterocycles. The van der Waals surface area contributed by atoms with Gasteiger partial charge in [0.25, 0.3) is 0 Å². The number of hydrogen-bond acceptors (Lipinski definition) is 3. The Hall–Kier alpha value is -1.59. The van der Waals surface area contributed by atoms with Gasteiger partial charge in [0.1, 0.15) is 0 Å². The van der Waals surface area contributed by atoms with E-state index in [4.69, 9.17) is 0 Å². The van der Waals surface area contributed by atoms with E-state index >= 15 is 0 Å². The molecular formula is C21H29Cl2N3O. The zero-order valence-electron chi connectivity index (χ0n) is 15.8. The van der Waals surface area contributed by atoms with Gasteiger partial charge < -0.3 is 10.2 Å². The van der Waals surface area contributed by atoms with Crippen molar-refractivity contribution in [1.29, 1.82) is 0 Å². The smallest absolute Gasteiger partial charge is 0.223 e. The molecule has 0 atom stereocenters. The maximum atomic E-state index is 12.2. The second-order valence-electron chi connectivity index (χ2n) is 6.59. The Kier molecular flexibility index (Phi) is 10.4. The number of para-hydroxylation sites is 1. The molecule has 1 heterocycles. The molecule has 1 aliphatic heterocycles. The average molecular weight is 410 g/mol. The lowest BCUT2D eigenvalue weighted by atomic mass is 10.1. The van der Waals surface area contributed by atoms with Crippen LogP contribution >= 0.6 is 24.8 Å². The minimum atomic E-state index is 0. The second kappa shape index (κ2) is 12.0. The number of fused-ring (bicyclic) bond motifs is 1. The third kappa shape index (κ3) is 6.82. The summed E-state index contributed by atoms with van der Waals surface area (Å²) in [5, 5.41) is 3.53. The van der Waals surface area contributed by atoms with Crippen LogP contribution < -0.4 is 10.2 Å². The fraction of sp³-hybridized carbons (Fsp3) is 0.381. The number of rotatable bonds is 2. The summed E-state index contributed by atoms with van der Waals surface area (Å²) in [6.45, 7) is 7.11. The largest absolute Gasteiger partial charge is 0.312 e. The van der Waals surface area contributed by atoms with E-state index in [1.165, 1.54) is 11.1 Å². The number of hydrogen-bond donors (Lipinski definition) is 1. The normalized spacial score (nSPS) is 15.5. The molecule has 0 radical (unpaired) electrons. The minimum Gasteiger partial charge on any atom is -0.312 e. The Morgan fingerprint density at radius 3 is 2.41 bits per heavy atom. The highest BCUT2D eigenvalue weighted by molar-refractivity contribution is 5.92. The van der Waals surface area contributed by atoms with E-state index in [2.05, 4.69) is 52.7 Å². The molecule has 0 saturated carbocycles. The van der Waals surface area contributed by atoms with Crippen LogP contribution in [0.25, 0.3) is 0 Å². The van der Waals surface area contributed by atoms with E-state index in [1.807, 2.05) is 17.0 Å². The Labute approximate surface area is 174 Å². The number of carbonyl (C=O) groups is 1. The summed E-state index contributed by atoms with van der Waals surface area (Å²) in [7, 11) is 0. The van der Waals surface area contributed by atoms with Crippen LogP contribution in [-0.2, 0) is 17.9 Å². The Balaban J connectivity index is 0.00000182. The number of carbonyl (C=O) groups excluding carboxylic acids is 1. The Morgan fingerprint density at radius 2 is 1.67 bits per heavy atom. The molecule has 1 N–H and O–H groups in total. The number of benzene rings is 2. The number of nitrogens with zero attached hydrogens (tertiary/aromatic N) is 2. The zero-order chi connectivity index (χ0) is 17.5. The number of anilines is 1. The Bertz CT molecular complexity index is 697. The average Bonchev–Trinajstić information content (AvgIpc) is 2.66. The van der Waals surface area contributed by atoms with E-state index < -0.39 is 0 Å². The van der Waals surface area contributed by atoms with Crippen molar-refractivity contribution in [2.75, 3.05) is 31.1 Å². The number of nitrogens with one attached hydrogen (secondary N) is 1. The van der Waals surface area contributed by atoms with Gasteiger partial charge in [-0.05, 0) is 23.6 Å². The summed E-state index contributed by atoms with van der Waals surface area (Å²) < 4.78 is 0. The van der Waals surface area contributed by atoms with E-state index in [1.54, 1.807) is 6.92 Å². The fourth-order valence-corrected chi connectivity index (χ4v) is 3.40. The fourth-order valence-electron chi connectivity index (χ4n) is 3.40. The molecule has 0 unspecified atom stereocenters. The summed E-state index contributed by atoms with van der Waals surface area (Å²) >= 11 is 0. The second-order valence-corrected chi connectivity index (χ2v) is 6.59. The molecule has 2 aromatic rings. The first-order valence-electron chi connectivity index (χ1n) is 9.07. The minimum absolute atomic E-state index is 0. The van der Waals surface area contributed by atoms with Crippen molar-refractivity contribution in [2.45, 2.75) is 26.4 Å². The van der Waals surface area contributed by atoms with Gasteiger partial charge >= 0.3 is 0 Å². The molecule has 0 aromatic heterocycles. The van der Waals surface area contributed by atoms with Crippen LogP contribution in [0.5, 0.6) is 0 Å². The van der Waals surface area contributed by atoms with Crippen molar-refractivity contribution >= 4 is 36.4 Å². The topological polar surface area (TPSA) is 35.6 Å². The summed E-state index contributed by atoms with van der Waals surface area (Å²) in [6.07, 6.45) is 0.973. The van der Waals surface area contributed by atoms with Gasteiger partial charge in [0.05, 0.1) is 0 Å². The SMILES string of the molecule is CC(=O)N1CCCN(Cc2ccccc2)CCNCc2ccccc21.Cl.Cl. The van der Waals surface area contributed by atoms with Crippen LogP contribution in [0.4, 0.5) is 5.69 Å². The highest BCUT2D eigenvalue weighted by Gasteiger charge is 2.16. The van der Waals surface area contributed by atoms with Gasteiger partial charge in [-0.3, -0.25) is 9.69 Å². The van der Waals surface area contributed by atoms with Crippen LogP contribution in [0.2, 0.25) is 0 Å². The summed E-state index contributed by atoms with van der Waals surface area (Å²) in [5.41, 5.74) is 3.57. The van der Waals surface area contributed by atoms with Gasteiger partial charge in [0.2, 0.25) is 5.91 Å². The molecule has 0 aliphatic carbocycles. The highest BCUT2D eigenvalue weighted by atomic mass is 35.5. The first kappa shape index (κ1) is 23.4. The van der Waals surface area contributed by atoms with Crippen LogP contribution in [0.15, 0.2) is 54.6 Å². The summed E-state index contributed by atoms with van der Waals surface area (Å²) in [6, 6.07) is 18.8. The van der Waals surface area contributed by atoms with Crippen LogP contribution in [0.1, 0.15) is 24.5 Å². The molecule has 1 amide bonds. The molecule has 3 rings (SSSR count). The molecule has 1 aliphatic rings. The third-order valence-electron chi connectivity index (χ3n) is 4.69. The summed E-state index contributed by atoms with van der Waals surface area (Å²) in [5.74, 6) is 0.112. The van der Waals surface area contributed by atoms with E-state index in [0.717, 1.165) is 51.4 Å². The molecule has 27 heavy (non-hydrogen) atoms. The van der Waals surface area contributed by atoms with Gasteiger partial charge in [-0.1, -0.05) is 48.5 Å². The van der Waals surface area contributed by atoms with Crippen molar-refractivity contribution in [3.05, 3.63) is 65.7 Å². The first-order chi connectivity index (χ1) is 12.2. The zero-order valence-corrected chi connectivity index (χ0v) is 17.4. The predicted molar refractivity (Wildman–Crippen MR) is 117 cm³/mol. The van der Waals surface area contributed by atoms with E-state index in [-0.39, 0.29) is 30.7 Å². The molecule has 0 bridgehead atoms. The van der Waals surface area contributed by atoms with Gasteiger partial charge in [-0.2, -0.15) is 0 Å². The van der Waals surface area contributed by atoms with Crippen molar-refractivity contribution < 1.29 is 4.79 Å². The molecular weight excluding hydrogens is 381 g/mol. The highest BCUT2D eigenvalue weighted by Crippen LogP contribution is 2.21. The third-order valence-corrected chi connectivity index (χ3v) is 4.69. The lowest BCUT2D eigenvalue weighted by molar-refractivity contribution is -0.116. The molecule has 0 fully saturated rings. The molecule has 0 spiro atoms. The molecule has 6 heteroatoms. The monoisotopic (exact) mass is 409 g/mol. The van der Waals surface area contributed by atoms with Gasteiger partial charge in [0.15, 0.2) is 0 Å². The van der Waals surface area contributed by atoms with Crippen molar-refractivity contribution in [3.8, 4) is 0 Å². The van der Waals surface area contributed by atoms with Crippen LogP contribution in [-0.4, -0.2) is 37.0 Å². The first-order valence-corrected chi connectivity index (χ1v) is 9.07. The summed E-state index contributed by atoms with van der Waals surface area (Å²) in [4.78, 5) is 16.6. The van der Waals surface area contributed by atoms with E-state index in [9.17, 15) is 4.79 Å². The number of amides is 1. The standard InChI is InChI=1S/C21H27N3O.2ClH/c1-18(25)24-14-7-13-23(17-19-8-3-2-4-9-19)15-12-22-16-20-10-5-6-11-21(20)24;;/h2-6,8-11,22H,7,12-17H2,1H3;2*1H. The quantitative estimate of drug-likeness (QED) is 0.816. The maximum absolute atomic E-state index is 12.2. The molecule has 2 aromatic carbocycles. The van der Waals surface area contributed by atoms with Crippen molar-refractivity contribution in [3.63, 3.8) is 0 Å². The lowest BCUT2D eigenvalue weighted by Crippen LogP contribution is -2.34. The predicted octanol–water partition coefficient (Wildman–Crippen LogP) is 3.88. The van der Waals surface area contributed by atoms with Crippen molar-refractivity contribution in [2.24, 2.45) is 0 Å². The van der Waals surface area contributed by atoms with E-state index in [0.29, 0.717) is 0 Å². The number of halogens is 2. The lowest BCUT2D eigenvalue weighted by Gasteiger charge is -2.25. The van der Waals surface area contributed by atoms with Crippen LogP contribution in [0.3, 0.4) is 0 Å². The van der Waals surface area contributed by atoms with Crippen LogP contribution in [0, 0.1) is 0 Å². The maximum Gasteiger partial charge on any atom is 0.223 e. The Morgan fingerprint density at radius 1 is 0.963 bits per heavy atom. The molecule has 148 valence electrons. The van der Waals surface area contributed by atoms with Gasteiger partial charge in [0, 0.05) is 51.9 Å². The van der Waals surface area contributed by atoms with Crippen molar-refractivity contribution in [1.82, 2.24) is 10.2 Å². The van der Waals surface area contributed by atoms with Gasteiger partial charge in [-0.25, -0.2) is 0 Å². The molecule has 4 nitrogen and oxygen atoms in total. The van der Waals surface area contributed by atoms with Gasteiger partial charge in [-0.15, -0.1) is 24.8 Å².